The van der Waals surface area contributed by atoms with Crippen molar-refractivity contribution in [2.75, 3.05) is 24.7 Å². The molecule has 2 aromatic carbocycles. The molecule has 0 aromatic heterocycles. The molecule has 1 aliphatic heterocycles. The molecule has 10 heteroatoms. The number of anilines is 1. The molecule has 0 aliphatic carbocycles. The predicted octanol–water partition coefficient (Wildman–Crippen LogP) is 5.08. The molecule has 0 spiro atoms. The molecule has 3 rings (SSSR count). The molecule has 0 saturated carbocycles. The van der Waals surface area contributed by atoms with E-state index in [0.717, 1.165) is 8.47 Å². The standard InChI is InChI=1S/C24H22BrIN2O6/c1-4-9-34-21-17(25)11-14(12-18(21)26)10-16-22(29)27-24(31)28(23(16)30)19-13-15(32-5-2)7-8-20(19)33-6-3/h4,7-8,10-13H,1,5-6,9H2,2-3H3,(H,27,29,31)/b16-10+. The number of carbonyl (C=O) groups is 3. The Labute approximate surface area is 219 Å². The van der Waals surface area contributed by atoms with Crippen molar-refractivity contribution in [2.24, 2.45) is 0 Å². The van der Waals surface area contributed by atoms with E-state index >= 15 is 0 Å². The molecule has 1 heterocycles. The lowest BCUT2D eigenvalue weighted by molar-refractivity contribution is -0.122. The number of carbonyl (C=O) groups excluding carboxylic acids is 3. The Balaban J connectivity index is 2.04. The van der Waals surface area contributed by atoms with Gasteiger partial charge in [-0.2, -0.15) is 0 Å². The first-order valence-electron chi connectivity index (χ1n) is 10.3. The molecular formula is C24H22BrIN2O6. The van der Waals surface area contributed by atoms with E-state index in [1.807, 2.05) is 6.92 Å². The van der Waals surface area contributed by atoms with Crippen LogP contribution in [0.2, 0.25) is 0 Å². The van der Waals surface area contributed by atoms with E-state index in [4.69, 9.17) is 14.2 Å². The third-order valence-corrected chi connectivity index (χ3v) is 5.95. The maximum Gasteiger partial charge on any atom is 0.336 e. The van der Waals surface area contributed by atoms with Crippen LogP contribution < -0.4 is 24.4 Å². The molecule has 1 fully saturated rings. The van der Waals surface area contributed by atoms with Gasteiger partial charge in [-0.15, -0.1) is 0 Å². The summed E-state index contributed by atoms with van der Waals surface area (Å²) in [6.07, 6.45) is 3.06. The molecule has 8 nitrogen and oxygen atoms in total. The quantitative estimate of drug-likeness (QED) is 0.178. The first kappa shape index (κ1) is 25.8. The van der Waals surface area contributed by atoms with Crippen molar-refractivity contribution in [1.82, 2.24) is 5.32 Å². The number of nitrogens with one attached hydrogen (secondary N) is 1. The summed E-state index contributed by atoms with van der Waals surface area (Å²) in [6, 6.07) is 7.44. The highest BCUT2D eigenvalue weighted by atomic mass is 127. The number of imide groups is 2. The van der Waals surface area contributed by atoms with Crippen LogP contribution in [0.3, 0.4) is 0 Å². The number of barbiturate groups is 1. The van der Waals surface area contributed by atoms with Crippen LogP contribution in [0.25, 0.3) is 6.08 Å². The van der Waals surface area contributed by atoms with Crippen molar-refractivity contribution in [3.05, 3.63) is 62.2 Å². The van der Waals surface area contributed by atoms with Crippen LogP contribution >= 0.6 is 38.5 Å². The number of halogens is 2. The second kappa shape index (κ2) is 11.5. The molecule has 1 N–H and O–H groups in total. The second-order valence-electron chi connectivity index (χ2n) is 6.87. The molecule has 1 saturated heterocycles. The van der Waals surface area contributed by atoms with Crippen LogP contribution in [0.5, 0.6) is 17.2 Å². The lowest BCUT2D eigenvalue weighted by Crippen LogP contribution is -2.54. The van der Waals surface area contributed by atoms with Crippen LogP contribution in [-0.2, 0) is 9.59 Å². The summed E-state index contributed by atoms with van der Waals surface area (Å²) in [5.41, 5.74) is 0.548. The van der Waals surface area contributed by atoms with E-state index in [0.29, 0.717) is 47.1 Å². The number of nitrogens with zero attached hydrogens (tertiary/aromatic N) is 1. The number of rotatable bonds is 9. The van der Waals surface area contributed by atoms with Gasteiger partial charge in [-0.25, -0.2) is 9.69 Å². The van der Waals surface area contributed by atoms with Crippen molar-refractivity contribution >= 4 is 68.1 Å². The van der Waals surface area contributed by atoms with Gasteiger partial charge in [-0.3, -0.25) is 14.9 Å². The summed E-state index contributed by atoms with van der Waals surface area (Å²) < 4.78 is 18.2. The largest absolute Gasteiger partial charge is 0.494 e. The lowest BCUT2D eigenvalue weighted by atomic mass is 10.1. The van der Waals surface area contributed by atoms with Gasteiger partial charge in [0.25, 0.3) is 11.8 Å². The Morgan fingerprint density at radius 3 is 2.47 bits per heavy atom. The van der Waals surface area contributed by atoms with Crippen molar-refractivity contribution in [3.8, 4) is 17.2 Å². The monoisotopic (exact) mass is 640 g/mol. The zero-order chi connectivity index (χ0) is 24.8. The smallest absolute Gasteiger partial charge is 0.336 e. The zero-order valence-corrected chi connectivity index (χ0v) is 22.3. The first-order valence-corrected chi connectivity index (χ1v) is 12.2. The maximum atomic E-state index is 13.4. The molecule has 4 amide bonds. The number of benzene rings is 2. The predicted molar refractivity (Wildman–Crippen MR) is 140 cm³/mol. The molecule has 34 heavy (non-hydrogen) atoms. The normalized spacial score (nSPS) is 14.8. The molecule has 0 bridgehead atoms. The Bertz CT molecular complexity index is 1160. The minimum atomic E-state index is -0.870. The topological polar surface area (TPSA) is 94.2 Å². The Kier molecular flexibility index (Phi) is 8.72. The van der Waals surface area contributed by atoms with Crippen LogP contribution in [-0.4, -0.2) is 37.7 Å². The fraction of sp³-hybridized carbons (Fsp3) is 0.208. The summed E-state index contributed by atoms with van der Waals surface area (Å²) in [5, 5.41) is 2.23. The number of hydrogen-bond acceptors (Lipinski definition) is 6. The van der Waals surface area contributed by atoms with Crippen molar-refractivity contribution in [3.63, 3.8) is 0 Å². The highest BCUT2D eigenvalue weighted by Crippen LogP contribution is 2.36. The lowest BCUT2D eigenvalue weighted by Gasteiger charge is -2.28. The minimum absolute atomic E-state index is 0.178. The fourth-order valence-corrected chi connectivity index (χ4v) is 4.96. The molecule has 178 valence electrons. The molecule has 0 atom stereocenters. The number of hydrogen-bond donors (Lipinski definition) is 1. The summed E-state index contributed by atoms with van der Waals surface area (Å²) in [6.45, 7) is 8.29. The number of urea groups is 1. The van der Waals surface area contributed by atoms with E-state index in [2.05, 4.69) is 50.4 Å². The van der Waals surface area contributed by atoms with Crippen molar-refractivity contribution in [1.29, 1.82) is 0 Å². The van der Waals surface area contributed by atoms with Gasteiger partial charge in [0.05, 0.1) is 26.9 Å². The Morgan fingerprint density at radius 2 is 1.82 bits per heavy atom. The van der Waals surface area contributed by atoms with Crippen LogP contribution in [0.1, 0.15) is 19.4 Å². The van der Waals surface area contributed by atoms with Crippen molar-refractivity contribution < 1.29 is 28.6 Å². The van der Waals surface area contributed by atoms with E-state index in [1.54, 1.807) is 37.3 Å². The van der Waals surface area contributed by atoms with Crippen LogP contribution in [0.4, 0.5) is 10.5 Å². The van der Waals surface area contributed by atoms with Gasteiger partial charge < -0.3 is 14.2 Å². The van der Waals surface area contributed by atoms with Crippen LogP contribution in [0.15, 0.2) is 53.0 Å². The summed E-state index contributed by atoms with van der Waals surface area (Å²) >= 11 is 5.56. The molecule has 2 aromatic rings. The minimum Gasteiger partial charge on any atom is -0.494 e. The van der Waals surface area contributed by atoms with Gasteiger partial charge in [0.1, 0.15) is 29.4 Å². The SMILES string of the molecule is C=CCOc1c(Br)cc(/C=C2\C(=O)NC(=O)N(c3cc(OCC)ccc3OCC)C2=O)cc1I. The Morgan fingerprint density at radius 1 is 1.09 bits per heavy atom. The summed E-state index contributed by atoms with van der Waals surface area (Å²) in [7, 11) is 0. The van der Waals surface area contributed by atoms with Crippen LogP contribution in [0, 0.1) is 3.57 Å². The third-order valence-electron chi connectivity index (χ3n) is 4.56. The fourth-order valence-electron chi connectivity index (χ4n) is 3.19. The Hall–Kier alpha value is -2.86. The second-order valence-corrected chi connectivity index (χ2v) is 8.88. The maximum absolute atomic E-state index is 13.4. The summed E-state index contributed by atoms with van der Waals surface area (Å²) in [5.74, 6) is -0.181. The highest BCUT2D eigenvalue weighted by molar-refractivity contribution is 14.1. The number of ether oxygens (including phenoxy) is 3. The van der Waals surface area contributed by atoms with Gasteiger partial charge in [-0.1, -0.05) is 12.7 Å². The van der Waals surface area contributed by atoms with E-state index in [1.165, 1.54) is 12.1 Å². The van der Waals surface area contributed by atoms with Crippen molar-refractivity contribution in [2.45, 2.75) is 13.8 Å². The van der Waals surface area contributed by atoms with Gasteiger partial charge in [0.15, 0.2) is 0 Å². The van der Waals surface area contributed by atoms with Gasteiger partial charge in [0.2, 0.25) is 0 Å². The molecule has 0 unspecified atom stereocenters. The van der Waals surface area contributed by atoms with Gasteiger partial charge >= 0.3 is 6.03 Å². The third kappa shape index (κ3) is 5.61. The van der Waals surface area contributed by atoms with E-state index < -0.39 is 17.8 Å². The molecule has 1 aliphatic rings. The average Bonchev–Trinajstić information content (AvgIpc) is 2.78. The molecule has 0 radical (unpaired) electrons. The molecular weight excluding hydrogens is 619 g/mol. The highest BCUT2D eigenvalue weighted by Gasteiger charge is 2.38. The number of amides is 4. The van der Waals surface area contributed by atoms with E-state index in [-0.39, 0.29) is 11.3 Å². The first-order chi connectivity index (χ1) is 16.3. The average molecular weight is 641 g/mol. The van der Waals surface area contributed by atoms with Gasteiger partial charge in [0, 0.05) is 6.07 Å². The zero-order valence-electron chi connectivity index (χ0n) is 18.5. The van der Waals surface area contributed by atoms with Gasteiger partial charge in [-0.05, 0) is 88.3 Å². The summed E-state index contributed by atoms with van der Waals surface area (Å²) in [4.78, 5) is 39.6. The van der Waals surface area contributed by atoms with E-state index in [9.17, 15) is 14.4 Å².